The van der Waals surface area contributed by atoms with Crippen LogP contribution in [0.4, 0.5) is 10.5 Å². The highest BCUT2D eigenvalue weighted by molar-refractivity contribution is 6.24. The monoisotopic (exact) mass is 499 g/mol. The van der Waals surface area contributed by atoms with Gasteiger partial charge in [0.2, 0.25) is 0 Å². The summed E-state index contributed by atoms with van der Waals surface area (Å²) in [7, 11) is 0. The van der Waals surface area contributed by atoms with Gasteiger partial charge in [0, 0.05) is 11.3 Å². The van der Waals surface area contributed by atoms with E-state index in [-0.39, 0.29) is 23.6 Å². The van der Waals surface area contributed by atoms with Gasteiger partial charge in [-0.05, 0) is 57.4 Å². The van der Waals surface area contributed by atoms with Crippen molar-refractivity contribution < 1.29 is 23.9 Å². The molecule has 2 N–H and O–H groups in total. The van der Waals surface area contributed by atoms with E-state index in [1.54, 1.807) is 71.0 Å². The number of benzene rings is 2. The number of nitriles is 1. The maximum atomic E-state index is 14.4. The van der Waals surface area contributed by atoms with Crippen LogP contribution in [-0.4, -0.2) is 30.2 Å². The molecule has 0 radical (unpaired) electrons. The van der Waals surface area contributed by atoms with Crippen molar-refractivity contribution >= 4 is 29.2 Å². The van der Waals surface area contributed by atoms with E-state index in [0.717, 1.165) is 4.90 Å². The molecule has 8 nitrogen and oxygen atoms in total. The first-order valence-corrected chi connectivity index (χ1v) is 12.0. The van der Waals surface area contributed by atoms with Crippen molar-refractivity contribution in [2.75, 3.05) is 11.5 Å². The van der Waals surface area contributed by atoms with Crippen LogP contribution in [0.25, 0.3) is 5.57 Å². The first-order chi connectivity index (χ1) is 17.5. The lowest BCUT2D eigenvalue weighted by atomic mass is 9.60. The van der Waals surface area contributed by atoms with E-state index in [4.69, 9.17) is 15.2 Å². The molecule has 1 aliphatic carbocycles. The number of carbonyl (C=O) groups is 3. The number of allylic oxidation sites excluding steroid dienone is 2. The van der Waals surface area contributed by atoms with E-state index in [0.29, 0.717) is 22.3 Å². The minimum absolute atomic E-state index is 0.0680. The Bertz CT molecular complexity index is 1390. The average molecular weight is 500 g/mol. The lowest BCUT2D eigenvalue weighted by Crippen LogP contribution is -2.55. The fourth-order valence-electron chi connectivity index (χ4n) is 5.26. The molecule has 0 fully saturated rings. The molecule has 2 amide bonds. The number of imide groups is 1. The smallest absolute Gasteiger partial charge is 0.421 e. The molecule has 2 aromatic carbocycles. The van der Waals surface area contributed by atoms with Gasteiger partial charge >= 0.3 is 12.1 Å². The average Bonchev–Trinajstić information content (AvgIpc) is 3.10. The summed E-state index contributed by atoms with van der Waals surface area (Å²) in [6, 6.07) is 17.8. The molecule has 1 spiro atoms. The Morgan fingerprint density at radius 2 is 1.73 bits per heavy atom. The van der Waals surface area contributed by atoms with Crippen LogP contribution in [0.5, 0.6) is 0 Å². The number of esters is 1. The van der Waals surface area contributed by atoms with Crippen molar-refractivity contribution in [2.45, 2.75) is 45.6 Å². The zero-order valence-electron chi connectivity index (χ0n) is 21.5. The topological polar surface area (TPSA) is 123 Å². The van der Waals surface area contributed by atoms with E-state index < -0.39 is 34.9 Å². The number of hydrogen-bond donors (Lipinski definition) is 1. The summed E-state index contributed by atoms with van der Waals surface area (Å²) in [5, 5.41) is 10.3. The minimum Gasteiger partial charge on any atom is -0.465 e. The third kappa shape index (κ3) is 3.87. The first-order valence-electron chi connectivity index (χ1n) is 12.0. The van der Waals surface area contributed by atoms with Crippen LogP contribution in [0.3, 0.4) is 0 Å². The third-order valence-electron chi connectivity index (χ3n) is 6.59. The second kappa shape index (κ2) is 9.25. The Morgan fingerprint density at radius 3 is 2.32 bits per heavy atom. The van der Waals surface area contributed by atoms with Gasteiger partial charge < -0.3 is 15.2 Å². The fourth-order valence-corrected chi connectivity index (χ4v) is 5.26. The number of anilines is 1. The van der Waals surface area contributed by atoms with Crippen LogP contribution < -0.4 is 10.6 Å². The molecule has 2 aromatic rings. The van der Waals surface area contributed by atoms with Crippen LogP contribution in [0.1, 0.15) is 45.7 Å². The number of rotatable bonds is 3. The molecule has 8 heteroatoms. The summed E-state index contributed by atoms with van der Waals surface area (Å²) >= 11 is 0. The number of nitrogens with zero attached hydrogens (tertiary/aromatic N) is 2. The second-order valence-corrected chi connectivity index (χ2v) is 9.96. The number of fused-ring (bicyclic) bond motifs is 2. The molecule has 0 aromatic heterocycles. The van der Waals surface area contributed by atoms with Crippen LogP contribution >= 0.6 is 0 Å². The molecular weight excluding hydrogens is 470 g/mol. The summed E-state index contributed by atoms with van der Waals surface area (Å²) in [5.41, 5.74) is 6.12. The number of hydrogen-bond acceptors (Lipinski definition) is 7. The maximum Gasteiger partial charge on any atom is 0.421 e. The molecule has 2 aliphatic rings. The number of nitrogens with two attached hydrogens (primary N) is 1. The highest BCUT2D eigenvalue weighted by Crippen LogP contribution is 2.57. The second-order valence-electron chi connectivity index (χ2n) is 9.96. The van der Waals surface area contributed by atoms with Gasteiger partial charge in [0.25, 0.3) is 5.91 Å². The SMILES string of the molecule is CCOC(=O)[C@H]1C(C)=C(c2ccccc2)C(C#N)=C(N)[C@]12C(=O)N(C(=O)OC(C)(C)C)c1ccccc12. The van der Waals surface area contributed by atoms with Crippen LogP contribution in [-0.2, 0) is 24.5 Å². The molecule has 1 heterocycles. The molecular formula is C29H29N3O5. The number of amides is 2. The lowest BCUT2D eigenvalue weighted by molar-refractivity contribution is -0.150. The number of ether oxygens (including phenoxy) is 2. The lowest BCUT2D eigenvalue weighted by Gasteiger charge is -2.40. The van der Waals surface area contributed by atoms with Crippen LogP contribution in [0.15, 0.2) is 71.4 Å². The first kappa shape index (κ1) is 25.7. The molecule has 2 atom stereocenters. The van der Waals surface area contributed by atoms with E-state index in [9.17, 15) is 19.6 Å². The van der Waals surface area contributed by atoms with Crippen LogP contribution in [0, 0.1) is 17.2 Å². The highest BCUT2D eigenvalue weighted by Gasteiger charge is 2.65. The predicted molar refractivity (Wildman–Crippen MR) is 138 cm³/mol. The van der Waals surface area contributed by atoms with Gasteiger partial charge in [-0.2, -0.15) is 5.26 Å². The normalized spacial score (nSPS) is 21.1. The van der Waals surface area contributed by atoms with Gasteiger partial charge in [-0.1, -0.05) is 48.5 Å². The summed E-state index contributed by atoms with van der Waals surface area (Å²) in [5.74, 6) is -2.67. The van der Waals surface area contributed by atoms with E-state index in [1.807, 2.05) is 18.2 Å². The van der Waals surface area contributed by atoms with Gasteiger partial charge in [0.1, 0.15) is 23.0 Å². The van der Waals surface area contributed by atoms with Gasteiger partial charge in [0.15, 0.2) is 0 Å². The molecule has 4 rings (SSSR count). The Morgan fingerprint density at radius 1 is 1.11 bits per heavy atom. The number of para-hydroxylation sites is 1. The van der Waals surface area contributed by atoms with Crippen molar-refractivity contribution in [3.05, 3.63) is 82.6 Å². The molecule has 0 bridgehead atoms. The Hall–Kier alpha value is -4.38. The fraction of sp³-hybridized carbons (Fsp3) is 0.310. The Balaban J connectivity index is 2.07. The van der Waals surface area contributed by atoms with Crippen molar-refractivity contribution in [3.8, 4) is 6.07 Å². The molecule has 1 aliphatic heterocycles. The van der Waals surface area contributed by atoms with Crippen molar-refractivity contribution in [2.24, 2.45) is 11.7 Å². The van der Waals surface area contributed by atoms with Gasteiger partial charge in [-0.25, -0.2) is 9.69 Å². The minimum atomic E-state index is -1.87. The van der Waals surface area contributed by atoms with Crippen molar-refractivity contribution in [1.82, 2.24) is 0 Å². The van der Waals surface area contributed by atoms with Crippen molar-refractivity contribution in [1.29, 1.82) is 5.26 Å². The summed E-state index contributed by atoms with van der Waals surface area (Å²) in [6.45, 7) is 8.51. The van der Waals surface area contributed by atoms with Crippen molar-refractivity contribution in [3.63, 3.8) is 0 Å². The van der Waals surface area contributed by atoms with E-state index >= 15 is 0 Å². The molecule has 190 valence electrons. The van der Waals surface area contributed by atoms with Gasteiger partial charge in [-0.15, -0.1) is 0 Å². The zero-order chi connectivity index (χ0) is 27.1. The Labute approximate surface area is 216 Å². The molecule has 0 unspecified atom stereocenters. The summed E-state index contributed by atoms with van der Waals surface area (Å²) in [4.78, 5) is 42.3. The Kier molecular flexibility index (Phi) is 6.42. The predicted octanol–water partition coefficient (Wildman–Crippen LogP) is 4.61. The maximum absolute atomic E-state index is 14.4. The molecule has 0 saturated heterocycles. The standard InChI is InChI=1S/C29H29N3O5/c1-6-36-25(33)23-17(2)22(18-12-8-7-9-13-18)19(16-30)24(31)29(23)20-14-10-11-15-21(20)32(26(29)34)27(35)37-28(3,4)5/h7-15,23H,6,31H2,1-5H3/t23-,29-/m1/s1. The largest absolute Gasteiger partial charge is 0.465 e. The molecule has 0 saturated carbocycles. The zero-order valence-corrected chi connectivity index (χ0v) is 21.5. The van der Waals surface area contributed by atoms with E-state index in [1.165, 1.54) is 0 Å². The summed E-state index contributed by atoms with van der Waals surface area (Å²) in [6.07, 6.45) is -0.897. The highest BCUT2D eigenvalue weighted by atomic mass is 16.6. The molecule has 37 heavy (non-hydrogen) atoms. The number of carbonyl (C=O) groups excluding carboxylic acids is 3. The van der Waals surface area contributed by atoms with Gasteiger partial charge in [0.05, 0.1) is 17.9 Å². The van der Waals surface area contributed by atoms with Gasteiger partial charge in [-0.3, -0.25) is 9.59 Å². The third-order valence-corrected chi connectivity index (χ3v) is 6.59. The van der Waals surface area contributed by atoms with E-state index in [2.05, 4.69) is 6.07 Å². The summed E-state index contributed by atoms with van der Waals surface area (Å²) < 4.78 is 11.0. The quantitative estimate of drug-likeness (QED) is 0.612. The van der Waals surface area contributed by atoms with Crippen LogP contribution in [0.2, 0.25) is 0 Å².